The molecule has 20 heavy (non-hydrogen) atoms. The molecule has 0 radical (unpaired) electrons. The van der Waals surface area contributed by atoms with Gasteiger partial charge >= 0.3 is 0 Å². The van der Waals surface area contributed by atoms with Gasteiger partial charge in [-0.25, -0.2) is 0 Å². The van der Waals surface area contributed by atoms with Crippen molar-refractivity contribution in [3.8, 4) is 5.69 Å². The summed E-state index contributed by atoms with van der Waals surface area (Å²) < 4.78 is 2.01. The van der Waals surface area contributed by atoms with E-state index >= 15 is 0 Å². The molecule has 0 atom stereocenters. The molecule has 2 rings (SSSR count). The SMILES string of the molecule is CCNC(C)(C)C(=O)Nc1cccc(-n2cccc2)c1. The summed E-state index contributed by atoms with van der Waals surface area (Å²) in [5.41, 5.74) is 1.24. The molecule has 1 amide bonds. The van der Waals surface area contributed by atoms with Crippen molar-refractivity contribution in [2.75, 3.05) is 11.9 Å². The highest BCUT2D eigenvalue weighted by molar-refractivity contribution is 5.97. The Kier molecular flexibility index (Phi) is 4.25. The van der Waals surface area contributed by atoms with E-state index in [2.05, 4.69) is 10.6 Å². The van der Waals surface area contributed by atoms with Gasteiger partial charge in [0.25, 0.3) is 0 Å². The summed E-state index contributed by atoms with van der Waals surface area (Å²) in [5, 5.41) is 6.12. The molecule has 1 aromatic heterocycles. The Labute approximate surface area is 119 Å². The lowest BCUT2D eigenvalue weighted by Crippen LogP contribution is -2.49. The van der Waals surface area contributed by atoms with Crippen LogP contribution in [-0.4, -0.2) is 22.6 Å². The molecule has 0 aliphatic rings. The van der Waals surface area contributed by atoms with Crippen molar-refractivity contribution >= 4 is 11.6 Å². The molecule has 106 valence electrons. The van der Waals surface area contributed by atoms with Crippen LogP contribution in [0, 0.1) is 0 Å². The number of carbonyl (C=O) groups excluding carboxylic acids is 1. The third-order valence-electron chi connectivity index (χ3n) is 3.19. The predicted molar refractivity (Wildman–Crippen MR) is 82.2 cm³/mol. The average Bonchev–Trinajstić information content (AvgIpc) is 2.93. The van der Waals surface area contributed by atoms with E-state index in [1.54, 1.807) is 0 Å². The molecule has 0 bridgehead atoms. The van der Waals surface area contributed by atoms with Gasteiger partial charge < -0.3 is 15.2 Å². The largest absolute Gasteiger partial charge is 0.324 e. The fourth-order valence-electron chi connectivity index (χ4n) is 2.06. The van der Waals surface area contributed by atoms with Gasteiger partial charge in [-0.15, -0.1) is 0 Å². The first-order valence-corrected chi connectivity index (χ1v) is 6.83. The first-order chi connectivity index (χ1) is 9.53. The van der Waals surface area contributed by atoms with Crippen molar-refractivity contribution < 1.29 is 4.79 Å². The number of hydrogen-bond donors (Lipinski definition) is 2. The maximum Gasteiger partial charge on any atom is 0.244 e. The molecular weight excluding hydrogens is 250 g/mol. The fourth-order valence-corrected chi connectivity index (χ4v) is 2.06. The van der Waals surface area contributed by atoms with Gasteiger partial charge in [-0.2, -0.15) is 0 Å². The topological polar surface area (TPSA) is 46.1 Å². The second-order valence-corrected chi connectivity index (χ2v) is 5.25. The highest BCUT2D eigenvalue weighted by atomic mass is 16.2. The molecule has 0 aliphatic carbocycles. The minimum absolute atomic E-state index is 0.0380. The first-order valence-electron chi connectivity index (χ1n) is 6.83. The standard InChI is InChI=1S/C16H21N3O/c1-4-17-16(2,3)15(20)18-13-8-7-9-14(12-13)19-10-5-6-11-19/h5-12,17H,4H2,1-3H3,(H,18,20). The summed E-state index contributed by atoms with van der Waals surface area (Å²) in [4.78, 5) is 12.2. The van der Waals surface area contributed by atoms with Crippen molar-refractivity contribution in [1.29, 1.82) is 0 Å². The zero-order chi connectivity index (χ0) is 14.6. The molecule has 2 N–H and O–H groups in total. The molecule has 0 saturated carbocycles. The Balaban J connectivity index is 2.14. The van der Waals surface area contributed by atoms with Crippen LogP contribution >= 0.6 is 0 Å². The maximum absolute atomic E-state index is 12.2. The minimum atomic E-state index is -0.585. The van der Waals surface area contributed by atoms with E-state index in [1.165, 1.54) is 0 Å². The third kappa shape index (κ3) is 3.27. The van der Waals surface area contributed by atoms with Gasteiger partial charge in [-0.3, -0.25) is 4.79 Å². The normalized spacial score (nSPS) is 11.3. The number of carbonyl (C=O) groups is 1. The van der Waals surface area contributed by atoms with Crippen LogP contribution in [0.1, 0.15) is 20.8 Å². The van der Waals surface area contributed by atoms with Crippen LogP contribution in [0.5, 0.6) is 0 Å². The Bertz CT molecular complexity index is 573. The van der Waals surface area contributed by atoms with Gasteiger partial charge in [0.15, 0.2) is 0 Å². The monoisotopic (exact) mass is 271 g/mol. The van der Waals surface area contributed by atoms with Crippen molar-refractivity contribution in [2.24, 2.45) is 0 Å². The molecule has 0 aliphatic heterocycles. The second-order valence-electron chi connectivity index (χ2n) is 5.25. The number of amides is 1. The van der Waals surface area contributed by atoms with Gasteiger partial charge in [0.05, 0.1) is 5.54 Å². The molecular formula is C16H21N3O. The molecule has 2 aromatic rings. The quantitative estimate of drug-likeness (QED) is 0.878. The van der Waals surface area contributed by atoms with E-state index in [1.807, 2.05) is 74.1 Å². The highest BCUT2D eigenvalue weighted by Crippen LogP contribution is 2.16. The first kappa shape index (κ1) is 14.3. The van der Waals surface area contributed by atoms with Crippen molar-refractivity contribution in [1.82, 2.24) is 9.88 Å². The molecule has 0 unspecified atom stereocenters. The Morgan fingerprint density at radius 3 is 2.55 bits per heavy atom. The second kappa shape index (κ2) is 5.92. The van der Waals surface area contributed by atoms with E-state index in [9.17, 15) is 4.79 Å². The Hall–Kier alpha value is -2.07. The zero-order valence-electron chi connectivity index (χ0n) is 12.2. The predicted octanol–water partition coefficient (Wildman–Crippen LogP) is 2.80. The molecule has 4 nitrogen and oxygen atoms in total. The summed E-state index contributed by atoms with van der Waals surface area (Å²) in [6.07, 6.45) is 3.95. The third-order valence-corrected chi connectivity index (χ3v) is 3.19. The smallest absolute Gasteiger partial charge is 0.244 e. The summed E-state index contributed by atoms with van der Waals surface area (Å²) >= 11 is 0. The maximum atomic E-state index is 12.2. The lowest BCUT2D eigenvalue weighted by atomic mass is 10.0. The number of rotatable bonds is 5. The van der Waals surface area contributed by atoms with E-state index in [4.69, 9.17) is 0 Å². The number of anilines is 1. The van der Waals surface area contributed by atoms with E-state index in [-0.39, 0.29) is 5.91 Å². The van der Waals surface area contributed by atoms with Gasteiger partial charge in [0, 0.05) is 23.8 Å². The number of nitrogens with zero attached hydrogens (tertiary/aromatic N) is 1. The number of hydrogen-bond acceptors (Lipinski definition) is 2. The van der Waals surface area contributed by atoms with Crippen LogP contribution in [0.3, 0.4) is 0 Å². The summed E-state index contributed by atoms with van der Waals surface area (Å²) in [6, 6.07) is 11.7. The van der Waals surface area contributed by atoms with Crippen molar-refractivity contribution in [2.45, 2.75) is 26.3 Å². The van der Waals surface area contributed by atoms with Crippen molar-refractivity contribution in [3.63, 3.8) is 0 Å². The molecule has 0 saturated heterocycles. The van der Waals surface area contributed by atoms with Crippen LogP contribution < -0.4 is 10.6 Å². The zero-order valence-corrected chi connectivity index (χ0v) is 12.2. The fraction of sp³-hybridized carbons (Fsp3) is 0.312. The average molecular weight is 271 g/mol. The van der Waals surface area contributed by atoms with Crippen LogP contribution in [0.4, 0.5) is 5.69 Å². The number of nitrogens with one attached hydrogen (secondary N) is 2. The van der Waals surface area contributed by atoms with Crippen LogP contribution in [0.15, 0.2) is 48.8 Å². The highest BCUT2D eigenvalue weighted by Gasteiger charge is 2.26. The summed E-state index contributed by atoms with van der Waals surface area (Å²) in [6.45, 7) is 6.49. The number of benzene rings is 1. The number of likely N-dealkylation sites (N-methyl/N-ethyl adjacent to an activating group) is 1. The molecule has 0 fully saturated rings. The van der Waals surface area contributed by atoms with Gasteiger partial charge in [0.1, 0.15) is 0 Å². The lowest BCUT2D eigenvalue weighted by Gasteiger charge is -2.24. The van der Waals surface area contributed by atoms with E-state index in [0.717, 1.165) is 17.9 Å². The molecule has 4 heteroatoms. The van der Waals surface area contributed by atoms with E-state index in [0.29, 0.717) is 0 Å². The molecule has 1 heterocycles. The van der Waals surface area contributed by atoms with Crippen molar-refractivity contribution in [3.05, 3.63) is 48.8 Å². The number of aromatic nitrogens is 1. The van der Waals surface area contributed by atoms with Gasteiger partial charge in [-0.1, -0.05) is 13.0 Å². The molecule has 1 aromatic carbocycles. The Morgan fingerprint density at radius 1 is 1.20 bits per heavy atom. The molecule has 0 spiro atoms. The van der Waals surface area contributed by atoms with Gasteiger partial charge in [-0.05, 0) is 50.7 Å². The van der Waals surface area contributed by atoms with Crippen LogP contribution in [-0.2, 0) is 4.79 Å². The Morgan fingerprint density at radius 2 is 1.90 bits per heavy atom. The van der Waals surface area contributed by atoms with Crippen LogP contribution in [0.2, 0.25) is 0 Å². The van der Waals surface area contributed by atoms with E-state index < -0.39 is 5.54 Å². The lowest BCUT2D eigenvalue weighted by molar-refractivity contribution is -0.121. The summed E-state index contributed by atoms with van der Waals surface area (Å²) in [5.74, 6) is -0.0380. The van der Waals surface area contributed by atoms with Crippen LogP contribution in [0.25, 0.3) is 5.69 Å². The van der Waals surface area contributed by atoms with Gasteiger partial charge in [0.2, 0.25) is 5.91 Å². The summed E-state index contributed by atoms with van der Waals surface area (Å²) in [7, 11) is 0. The minimum Gasteiger partial charge on any atom is -0.324 e.